The average molecular weight is 560 g/mol. The van der Waals surface area contributed by atoms with Crippen molar-refractivity contribution in [3.63, 3.8) is 0 Å². The fourth-order valence-corrected chi connectivity index (χ4v) is 6.53. The number of carbonyl (C=O) groups excluding carboxylic acids is 1. The molecular weight excluding hydrogens is 523 g/mol. The van der Waals surface area contributed by atoms with Crippen molar-refractivity contribution in [2.75, 3.05) is 20.3 Å². The first-order valence-corrected chi connectivity index (χ1v) is 14.6. The second-order valence-electron chi connectivity index (χ2n) is 11.9. The Balaban J connectivity index is 1.31. The van der Waals surface area contributed by atoms with Crippen LogP contribution < -0.4 is 15.4 Å². The second-order valence-corrected chi connectivity index (χ2v) is 11.9. The van der Waals surface area contributed by atoms with E-state index in [0.717, 1.165) is 72.9 Å². The van der Waals surface area contributed by atoms with Crippen LogP contribution >= 0.6 is 0 Å². The quantitative estimate of drug-likeness (QED) is 0.419. The number of carboxylic acids is 1. The summed E-state index contributed by atoms with van der Waals surface area (Å²) in [6.45, 7) is 3.70. The van der Waals surface area contributed by atoms with Gasteiger partial charge in [0.25, 0.3) is 0 Å². The van der Waals surface area contributed by atoms with E-state index in [2.05, 4.69) is 28.1 Å². The zero-order valence-corrected chi connectivity index (χ0v) is 23.5. The molecule has 0 bridgehead atoms. The van der Waals surface area contributed by atoms with E-state index in [-0.39, 0.29) is 29.2 Å². The summed E-state index contributed by atoms with van der Waals surface area (Å²) < 4.78 is 27.1. The van der Waals surface area contributed by atoms with E-state index in [0.29, 0.717) is 24.6 Å². The first kappa shape index (κ1) is 27.7. The van der Waals surface area contributed by atoms with E-state index in [1.165, 1.54) is 6.07 Å². The molecule has 3 aliphatic rings. The number of H-pyrrole nitrogens is 1. The minimum atomic E-state index is -1.02. The summed E-state index contributed by atoms with van der Waals surface area (Å²) in [5, 5.41) is 11.7. The molecule has 216 valence electrons. The Morgan fingerprint density at radius 2 is 1.95 bits per heavy atom. The van der Waals surface area contributed by atoms with Gasteiger partial charge >= 0.3 is 0 Å². The summed E-state index contributed by atoms with van der Waals surface area (Å²) >= 11 is 0. The van der Waals surface area contributed by atoms with E-state index >= 15 is 0 Å². The highest BCUT2D eigenvalue weighted by molar-refractivity contribution is 5.69. The number of rotatable bonds is 9. The molecule has 4 atom stereocenters. The number of benzene rings is 2. The molecule has 41 heavy (non-hydrogen) atoms. The van der Waals surface area contributed by atoms with Gasteiger partial charge in [0.05, 0.1) is 6.61 Å². The molecule has 1 N–H and O–H groups in total. The number of hydrogen-bond donors (Lipinski definition) is 1. The van der Waals surface area contributed by atoms with Crippen molar-refractivity contribution in [1.29, 1.82) is 0 Å². The summed E-state index contributed by atoms with van der Waals surface area (Å²) in [5.41, 5.74) is 4.62. The van der Waals surface area contributed by atoms with Crippen molar-refractivity contribution in [2.45, 2.75) is 63.6 Å². The molecule has 6 rings (SSSR count). The summed E-state index contributed by atoms with van der Waals surface area (Å²) in [6.07, 6.45) is 5.54. The number of aromatic amines is 1. The van der Waals surface area contributed by atoms with E-state index in [9.17, 15) is 19.1 Å². The Morgan fingerprint density at radius 3 is 2.68 bits per heavy atom. The molecule has 2 aliphatic heterocycles. The van der Waals surface area contributed by atoms with Gasteiger partial charge in [-0.3, -0.25) is 9.69 Å². The molecule has 2 unspecified atom stereocenters. The van der Waals surface area contributed by atoms with Crippen molar-refractivity contribution in [3.05, 3.63) is 87.1 Å². The SMILES string of the molecule is C[C@H](C(=O)[O-])[C@H](c1ccc2c(c1)OC(c1ccc(-c3cc(=O)[nH]cc3F)c(CN(C)C3CCOC3)c1)CC2)C1CC1. The summed E-state index contributed by atoms with van der Waals surface area (Å²) in [6, 6.07) is 13.7. The number of pyridine rings is 1. The van der Waals surface area contributed by atoms with Crippen LogP contribution in [-0.4, -0.2) is 42.2 Å². The summed E-state index contributed by atoms with van der Waals surface area (Å²) in [4.78, 5) is 28.5. The van der Waals surface area contributed by atoms with Crippen molar-refractivity contribution in [1.82, 2.24) is 9.88 Å². The third kappa shape index (κ3) is 5.81. The lowest BCUT2D eigenvalue weighted by atomic mass is 9.82. The van der Waals surface area contributed by atoms with Gasteiger partial charge in [-0.25, -0.2) is 4.39 Å². The molecular formula is C33H36FN2O5-. The Kier molecular flexibility index (Phi) is 7.70. The summed E-state index contributed by atoms with van der Waals surface area (Å²) in [5.74, 6) is -0.985. The van der Waals surface area contributed by atoms with E-state index < -0.39 is 17.7 Å². The Labute approximate surface area is 239 Å². The number of ether oxygens (including phenoxy) is 2. The molecule has 1 aromatic heterocycles. The first-order chi connectivity index (χ1) is 19.8. The molecule has 1 saturated heterocycles. The van der Waals surface area contributed by atoms with Gasteiger partial charge in [-0.05, 0) is 84.9 Å². The monoisotopic (exact) mass is 559 g/mol. The van der Waals surface area contributed by atoms with Crippen LogP contribution in [0, 0.1) is 17.7 Å². The second kappa shape index (κ2) is 11.4. The van der Waals surface area contributed by atoms with Gasteiger partial charge in [0, 0.05) is 48.9 Å². The van der Waals surface area contributed by atoms with Crippen LogP contribution in [0.2, 0.25) is 0 Å². The number of aryl methyl sites for hydroxylation is 1. The zero-order chi connectivity index (χ0) is 28.7. The molecule has 1 aliphatic carbocycles. The smallest absolute Gasteiger partial charge is 0.248 e. The standard InChI is InChI=1S/C33H37FN2O5/c1-19(33(38)39)32(21-4-5-21)23-6-3-20-8-10-29(41-30(20)14-23)22-7-9-26(27-15-31(37)35-16-28(27)34)24(13-22)17-36(2)25-11-12-40-18-25/h3,6-7,9,13-16,19,21,25,29,32H,4-5,8,10-12,17-18H2,1-2H3,(H,35,37)(H,38,39)/p-1/t19-,25?,29?,32-/m0/s1. The predicted octanol–water partition coefficient (Wildman–Crippen LogP) is 4.35. The van der Waals surface area contributed by atoms with Gasteiger partial charge in [-0.1, -0.05) is 37.3 Å². The van der Waals surface area contributed by atoms with Crippen LogP contribution in [0.15, 0.2) is 53.5 Å². The minimum Gasteiger partial charge on any atom is -0.550 e. The number of carbonyl (C=O) groups is 1. The lowest BCUT2D eigenvalue weighted by Gasteiger charge is -2.30. The Hall–Kier alpha value is -3.49. The van der Waals surface area contributed by atoms with Gasteiger partial charge in [0.1, 0.15) is 17.7 Å². The van der Waals surface area contributed by atoms with Gasteiger partial charge in [0.15, 0.2) is 0 Å². The van der Waals surface area contributed by atoms with Crippen molar-refractivity contribution in [2.24, 2.45) is 11.8 Å². The van der Waals surface area contributed by atoms with Crippen molar-refractivity contribution >= 4 is 5.97 Å². The van der Waals surface area contributed by atoms with Crippen LogP contribution in [-0.2, 0) is 22.5 Å². The third-order valence-electron chi connectivity index (χ3n) is 9.08. The number of fused-ring (bicyclic) bond motifs is 1. The van der Waals surface area contributed by atoms with E-state index in [1.54, 1.807) is 6.92 Å². The Bertz CT molecular complexity index is 1490. The van der Waals surface area contributed by atoms with Crippen LogP contribution in [0.4, 0.5) is 4.39 Å². The molecule has 0 spiro atoms. The maximum Gasteiger partial charge on any atom is 0.248 e. The maximum atomic E-state index is 14.9. The molecule has 3 aromatic rings. The van der Waals surface area contributed by atoms with Gasteiger partial charge in [-0.2, -0.15) is 0 Å². The molecule has 2 aromatic carbocycles. The fraction of sp³-hybridized carbons (Fsp3) is 0.455. The number of aromatic nitrogens is 1. The number of hydrogen-bond acceptors (Lipinski definition) is 6. The third-order valence-corrected chi connectivity index (χ3v) is 9.08. The predicted molar refractivity (Wildman–Crippen MR) is 151 cm³/mol. The minimum absolute atomic E-state index is 0.0841. The molecule has 2 fully saturated rings. The highest BCUT2D eigenvalue weighted by atomic mass is 19.1. The molecule has 0 radical (unpaired) electrons. The van der Waals surface area contributed by atoms with E-state index in [4.69, 9.17) is 9.47 Å². The summed E-state index contributed by atoms with van der Waals surface area (Å²) in [7, 11) is 2.04. The van der Waals surface area contributed by atoms with Crippen LogP contribution in [0.1, 0.15) is 66.9 Å². The van der Waals surface area contributed by atoms with Crippen LogP contribution in [0.3, 0.4) is 0 Å². The lowest BCUT2D eigenvalue weighted by molar-refractivity contribution is -0.311. The number of aliphatic carboxylic acids is 1. The van der Waals surface area contributed by atoms with Crippen molar-refractivity contribution < 1.29 is 23.8 Å². The number of nitrogens with one attached hydrogen (secondary N) is 1. The van der Waals surface area contributed by atoms with Crippen molar-refractivity contribution in [3.8, 4) is 16.9 Å². The molecule has 1 saturated carbocycles. The van der Waals surface area contributed by atoms with Crippen LogP contribution in [0.5, 0.6) is 5.75 Å². The average Bonchev–Trinajstić information content (AvgIpc) is 3.64. The van der Waals surface area contributed by atoms with Crippen LogP contribution in [0.25, 0.3) is 11.1 Å². The molecule has 0 amide bonds. The first-order valence-electron chi connectivity index (χ1n) is 14.6. The van der Waals surface area contributed by atoms with Gasteiger partial charge < -0.3 is 24.4 Å². The number of carboxylic acid groups (broad SMARTS) is 1. The fourth-order valence-electron chi connectivity index (χ4n) is 6.53. The maximum absolute atomic E-state index is 14.9. The van der Waals surface area contributed by atoms with Gasteiger partial charge in [0.2, 0.25) is 5.56 Å². The number of likely N-dealkylation sites (N-methyl/N-ethyl adjacent to an activating group) is 1. The Morgan fingerprint density at radius 1 is 1.12 bits per heavy atom. The number of halogens is 1. The highest BCUT2D eigenvalue weighted by Gasteiger charge is 2.37. The number of nitrogens with zero attached hydrogens (tertiary/aromatic N) is 1. The highest BCUT2D eigenvalue weighted by Crippen LogP contribution is 2.48. The van der Waals surface area contributed by atoms with Gasteiger partial charge in [-0.15, -0.1) is 0 Å². The molecule has 3 heterocycles. The molecule has 7 nitrogen and oxygen atoms in total. The zero-order valence-electron chi connectivity index (χ0n) is 23.5. The topological polar surface area (TPSA) is 94.7 Å². The molecule has 8 heteroatoms. The lowest BCUT2D eigenvalue weighted by Crippen LogP contribution is -2.34. The largest absolute Gasteiger partial charge is 0.550 e. The van der Waals surface area contributed by atoms with E-state index in [1.807, 2.05) is 25.2 Å². The normalized spacial score (nSPS) is 21.8.